The lowest BCUT2D eigenvalue weighted by molar-refractivity contribution is 0.649. The first-order chi connectivity index (χ1) is 5.29. The minimum absolute atomic E-state index is 0.317. The van der Waals surface area contributed by atoms with Gasteiger partial charge >= 0.3 is 0 Å². The molecule has 0 aliphatic carbocycles. The summed E-state index contributed by atoms with van der Waals surface area (Å²) in [5.74, 6) is 1.47. The van der Waals surface area contributed by atoms with Crippen molar-refractivity contribution in [3.8, 4) is 0 Å². The number of hydrogen-bond acceptors (Lipinski definition) is 4. The van der Waals surface area contributed by atoms with Crippen LogP contribution in [0.25, 0.3) is 0 Å². The van der Waals surface area contributed by atoms with Gasteiger partial charge in [-0.1, -0.05) is 6.92 Å². The van der Waals surface area contributed by atoms with Crippen LogP contribution >= 0.6 is 0 Å². The van der Waals surface area contributed by atoms with Crippen molar-refractivity contribution in [3.63, 3.8) is 0 Å². The maximum atomic E-state index is 5.48. The Hall–Kier alpha value is -1.39. The van der Waals surface area contributed by atoms with E-state index in [0.29, 0.717) is 11.9 Å². The van der Waals surface area contributed by atoms with E-state index in [0.717, 1.165) is 12.2 Å². The fourth-order valence-electron chi connectivity index (χ4n) is 1.05. The Bertz CT molecular complexity index is 300. The van der Waals surface area contributed by atoms with E-state index in [-0.39, 0.29) is 0 Å². The van der Waals surface area contributed by atoms with Gasteiger partial charge in [0.2, 0.25) is 5.95 Å². The summed E-state index contributed by atoms with van der Waals surface area (Å²) in [6.07, 6.45) is 3.64. The molecule has 0 aromatic carbocycles. The van der Waals surface area contributed by atoms with Crippen molar-refractivity contribution in [3.05, 3.63) is 5.82 Å². The Labute approximate surface area is 63.9 Å². The molecule has 2 rings (SSSR count). The molecule has 1 unspecified atom stereocenters. The third kappa shape index (κ3) is 0.806. The van der Waals surface area contributed by atoms with Gasteiger partial charge in [0.1, 0.15) is 0 Å². The molecule has 1 atom stereocenters. The van der Waals surface area contributed by atoms with Gasteiger partial charge in [-0.15, -0.1) is 10.2 Å². The standard InChI is InChI=1S/C6H8N5/c1-4-2-3-8-11-5(4)9-10-6(11)7/h4H,2H2,1H3,(H2,7,10). The zero-order chi connectivity index (χ0) is 7.84. The van der Waals surface area contributed by atoms with E-state index in [2.05, 4.69) is 21.5 Å². The minimum Gasteiger partial charge on any atom is -0.366 e. The van der Waals surface area contributed by atoms with Crippen LogP contribution in [0.15, 0.2) is 5.10 Å². The van der Waals surface area contributed by atoms with E-state index in [1.54, 1.807) is 0 Å². The third-order valence-corrected chi connectivity index (χ3v) is 1.70. The first-order valence-electron chi connectivity index (χ1n) is 3.43. The Morgan fingerprint density at radius 1 is 1.64 bits per heavy atom. The SMILES string of the molecule is CC1C[C]=Nn2c(N)nnc21. The number of nitrogens with two attached hydrogens (primary N) is 1. The number of fused-ring (bicyclic) bond motifs is 1. The molecule has 0 fully saturated rings. The number of hydrogen-bond donors (Lipinski definition) is 1. The largest absolute Gasteiger partial charge is 0.366 e. The van der Waals surface area contributed by atoms with E-state index in [1.165, 1.54) is 4.68 Å². The van der Waals surface area contributed by atoms with Crippen molar-refractivity contribution in [2.75, 3.05) is 5.73 Å². The molecule has 1 aromatic heterocycles. The Balaban J connectivity index is 2.57. The second-order valence-corrected chi connectivity index (χ2v) is 2.59. The van der Waals surface area contributed by atoms with Crippen molar-refractivity contribution < 1.29 is 0 Å². The van der Waals surface area contributed by atoms with Gasteiger partial charge in [-0.2, -0.15) is 9.78 Å². The van der Waals surface area contributed by atoms with Crippen molar-refractivity contribution in [1.82, 2.24) is 14.9 Å². The summed E-state index contributed by atoms with van der Waals surface area (Å²) in [7, 11) is 0. The summed E-state index contributed by atoms with van der Waals surface area (Å²) in [5.41, 5.74) is 5.48. The summed E-state index contributed by atoms with van der Waals surface area (Å²) in [6, 6.07) is 0. The molecule has 0 bridgehead atoms. The normalized spacial score (nSPS) is 21.7. The predicted octanol–water partition coefficient (Wildman–Crippen LogP) is 0.0784. The van der Waals surface area contributed by atoms with Gasteiger partial charge in [-0.05, 0) is 0 Å². The van der Waals surface area contributed by atoms with Crippen LogP contribution in [0, 0.1) is 0 Å². The molecular formula is C6H8N5. The summed E-state index contributed by atoms with van der Waals surface area (Å²) in [6.45, 7) is 2.04. The van der Waals surface area contributed by atoms with Crippen LogP contribution in [-0.2, 0) is 0 Å². The number of aromatic nitrogens is 3. The Morgan fingerprint density at radius 2 is 2.45 bits per heavy atom. The number of rotatable bonds is 0. The van der Waals surface area contributed by atoms with Gasteiger partial charge in [0.15, 0.2) is 5.82 Å². The Morgan fingerprint density at radius 3 is 3.18 bits per heavy atom. The highest BCUT2D eigenvalue weighted by atomic mass is 15.5. The van der Waals surface area contributed by atoms with Gasteiger partial charge in [0.05, 0.1) is 6.21 Å². The zero-order valence-electron chi connectivity index (χ0n) is 6.15. The molecule has 2 heterocycles. The Kier molecular flexibility index (Phi) is 1.18. The average Bonchev–Trinajstić information content (AvgIpc) is 2.35. The first-order valence-corrected chi connectivity index (χ1v) is 3.43. The molecule has 57 valence electrons. The quantitative estimate of drug-likeness (QED) is 0.569. The first kappa shape index (κ1) is 6.33. The van der Waals surface area contributed by atoms with Crippen LogP contribution in [0.1, 0.15) is 25.1 Å². The van der Waals surface area contributed by atoms with Gasteiger partial charge in [-0.25, -0.2) is 0 Å². The molecule has 1 aliphatic heterocycles. The van der Waals surface area contributed by atoms with E-state index >= 15 is 0 Å². The number of nitrogen functional groups attached to an aromatic ring is 1. The van der Waals surface area contributed by atoms with E-state index in [4.69, 9.17) is 5.73 Å². The van der Waals surface area contributed by atoms with Crippen molar-refractivity contribution in [1.29, 1.82) is 0 Å². The molecule has 0 saturated carbocycles. The summed E-state index contributed by atoms with van der Waals surface area (Å²) in [4.78, 5) is 0. The molecule has 1 radical (unpaired) electrons. The van der Waals surface area contributed by atoms with Crippen molar-refractivity contribution in [2.45, 2.75) is 19.3 Å². The number of anilines is 1. The van der Waals surface area contributed by atoms with Crippen LogP contribution in [-0.4, -0.2) is 21.1 Å². The second kappa shape index (κ2) is 2.05. The van der Waals surface area contributed by atoms with E-state index < -0.39 is 0 Å². The number of nitrogens with zero attached hydrogens (tertiary/aromatic N) is 4. The summed E-state index contributed by atoms with van der Waals surface area (Å²) in [5, 5.41) is 11.5. The molecule has 1 aromatic rings. The monoisotopic (exact) mass is 150 g/mol. The van der Waals surface area contributed by atoms with Gasteiger partial charge < -0.3 is 5.73 Å². The highest BCUT2D eigenvalue weighted by molar-refractivity contribution is 5.60. The van der Waals surface area contributed by atoms with Crippen LogP contribution in [0.3, 0.4) is 0 Å². The van der Waals surface area contributed by atoms with Crippen LogP contribution < -0.4 is 5.73 Å². The summed E-state index contributed by atoms with van der Waals surface area (Å²) >= 11 is 0. The molecule has 0 spiro atoms. The molecule has 1 aliphatic rings. The molecule has 5 nitrogen and oxygen atoms in total. The van der Waals surface area contributed by atoms with Crippen LogP contribution in [0.2, 0.25) is 0 Å². The van der Waals surface area contributed by atoms with E-state index in [1.807, 2.05) is 6.92 Å². The molecule has 5 heteroatoms. The highest BCUT2D eigenvalue weighted by Crippen LogP contribution is 2.20. The highest BCUT2D eigenvalue weighted by Gasteiger charge is 2.18. The molecule has 2 N–H and O–H groups in total. The lowest BCUT2D eigenvalue weighted by Crippen LogP contribution is -2.10. The maximum absolute atomic E-state index is 5.48. The molecular weight excluding hydrogens is 142 g/mol. The van der Waals surface area contributed by atoms with Gasteiger partial charge in [0.25, 0.3) is 0 Å². The topological polar surface area (TPSA) is 69.1 Å². The fraction of sp³-hybridized carbons (Fsp3) is 0.500. The predicted molar refractivity (Wildman–Crippen MR) is 40.3 cm³/mol. The average molecular weight is 150 g/mol. The molecule has 0 amide bonds. The minimum atomic E-state index is 0.317. The zero-order valence-corrected chi connectivity index (χ0v) is 6.15. The third-order valence-electron chi connectivity index (χ3n) is 1.70. The lowest BCUT2D eigenvalue weighted by atomic mass is 10.1. The van der Waals surface area contributed by atoms with Crippen molar-refractivity contribution in [2.24, 2.45) is 5.10 Å². The molecule has 11 heavy (non-hydrogen) atoms. The fourth-order valence-corrected chi connectivity index (χ4v) is 1.05. The van der Waals surface area contributed by atoms with Gasteiger partial charge in [-0.3, -0.25) is 0 Å². The smallest absolute Gasteiger partial charge is 0.243 e. The second-order valence-electron chi connectivity index (χ2n) is 2.59. The molecule has 0 saturated heterocycles. The van der Waals surface area contributed by atoms with Crippen molar-refractivity contribution >= 4 is 12.2 Å². The van der Waals surface area contributed by atoms with Crippen LogP contribution in [0.5, 0.6) is 0 Å². The van der Waals surface area contributed by atoms with Crippen LogP contribution in [0.4, 0.5) is 5.95 Å². The summed E-state index contributed by atoms with van der Waals surface area (Å²) < 4.78 is 1.52. The van der Waals surface area contributed by atoms with Gasteiger partial charge in [0, 0.05) is 12.3 Å². The maximum Gasteiger partial charge on any atom is 0.243 e. The lowest BCUT2D eigenvalue weighted by Gasteiger charge is -2.10. The van der Waals surface area contributed by atoms with E-state index in [9.17, 15) is 0 Å².